The van der Waals surface area contributed by atoms with E-state index < -0.39 is 8.80 Å². The lowest BCUT2D eigenvalue weighted by Gasteiger charge is -2.24. The Morgan fingerprint density at radius 2 is 0.952 bits per heavy atom. The van der Waals surface area contributed by atoms with Crippen molar-refractivity contribution < 1.29 is 0 Å². The van der Waals surface area contributed by atoms with Gasteiger partial charge in [-0.3, -0.25) is 0 Å². The van der Waals surface area contributed by atoms with Gasteiger partial charge < -0.3 is 0 Å². The molecule has 104 valence electrons. The van der Waals surface area contributed by atoms with E-state index in [2.05, 4.69) is 97.9 Å². The van der Waals surface area contributed by atoms with Crippen LogP contribution in [-0.2, 0) is 0 Å². The van der Waals surface area contributed by atoms with Crippen molar-refractivity contribution >= 4 is 19.2 Å². The first-order chi connectivity index (χ1) is 10.4. The van der Waals surface area contributed by atoms with Crippen molar-refractivity contribution in [3.63, 3.8) is 0 Å². The highest BCUT2D eigenvalue weighted by Crippen LogP contribution is 2.18. The number of rotatable bonds is 4. The molecule has 1 heteroatoms. The van der Waals surface area contributed by atoms with Gasteiger partial charge in [0.1, 0.15) is 8.80 Å². The maximum Gasteiger partial charge on any atom is 0.110 e. The van der Waals surface area contributed by atoms with E-state index in [1.807, 2.05) is 0 Å². The molecule has 0 spiro atoms. The van der Waals surface area contributed by atoms with Crippen LogP contribution in [-0.4, -0.2) is 8.80 Å². The summed E-state index contributed by atoms with van der Waals surface area (Å²) in [5.41, 5.74) is 2.03. The van der Waals surface area contributed by atoms with Gasteiger partial charge in [0.15, 0.2) is 0 Å². The maximum atomic E-state index is 2.38. The highest BCUT2D eigenvalue weighted by Gasteiger charge is 2.24. The topological polar surface area (TPSA) is 0 Å². The monoisotopic (exact) mass is 288 g/mol. The summed E-state index contributed by atoms with van der Waals surface area (Å²) >= 11 is 0. The Morgan fingerprint density at radius 3 is 1.38 bits per heavy atom. The van der Waals surface area contributed by atoms with E-state index in [-0.39, 0.29) is 0 Å². The predicted molar refractivity (Wildman–Crippen MR) is 94.2 cm³/mol. The molecule has 1 atom stereocenters. The second-order valence-electron chi connectivity index (χ2n) is 5.50. The smallest absolute Gasteiger partial charge is 0.0629 e. The molecule has 0 N–H and O–H groups in total. The van der Waals surface area contributed by atoms with Gasteiger partial charge in [-0.15, -0.1) is 0 Å². The minimum Gasteiger partial charge on any atom is -0.0629 e. The van der Waals surface area contributed by atoms with Gasteiger partial charge in [0.25, 0.3) is 0 Å². The van der Waals surface area contributed by atoms with Gasteiger partial charge in [-0.2, -0.15) is 0 Å². The van der Waals surface area contributed by atoms with Crippen LogP contribution in [0.4, 0.5) is 0 Å². The molecule has 0 aromatic heterocycles. The fourth-order valence-corrected chi connectivity index (χ4v) is 6.46. The average molecular weight is 288 g/mol. The summed E-state index contributed by atoms with van der Waals surface area (Å²) in [7, 11) is -1.27. The first kappa shape index (κ1) is 13.8. The normalized spacial score (nSPS) is 12.3. The Morgan fingerprint density at radius 1 is 0.571 bits per heavy atom. The summed E-state index contributed by atoms with van der Waals surface area (Å²) in [6.45, 7) is 2.38. The summed E-state index contributed by atoms with van der Waals surface area (Å²) in [6, 6.07) is 32.9. The molecule has 0 saturated carbocycles. The third-order valence-corrected chi connectivity index (χ3v) is 7.73. The fraction of sp³-hybridized carbons (Fsp3) is 0.100. The number of hydrogen-bond donors (Lipinski definition) is 0. The molecule has 21 heavy (non-hydrogen) atoms. The third kappa shape index (κ3) is 3.14. The Bertz CT molecular complexity index is 622. The summed E-state index contributed by atoms with van der Waals surface area (Å²) < 4.78 is 0. The Kier molecular flexibility index (Phi) is 4.32. The van der Waals surface area contributed by atoms with Crippen molar-refractivity contribution in [3.8, 4) is 0 Å². The van der Waals surface area contributed by atoms with Crippen molar-refractivity contribution in [2.45, 2.75) is 12.5 Å². The van der Waals surface area contributed by atoms with Gasteiger partial charge in [-0.25, -0.2) is 0 Å². The van der Waals surface area contributed by atoms with Crippen LogP contribution < -0.4 is 10.4 Å². The van der Waals surface area contributed by atoms with E-state index in [1.54, 1.807) is 0 Å². The van der Waals surface area contributed by atoms with Crippen LogP contribution in [0.25, 0.3) is 0 Å². The molecule has 1 unspecified atom stereocenters. The zero-order valence-corrected chi connectivity index (χ0v) is 13.5. The van der Waals surface area contributed by atoms with Crippen molar-refractivity contribution in [2.24, 2.45) is 0 Å². The average Bonchev–Trinajstić information content (AvgIpc) is 2.58. The van der Waals surface area contributed by atoms with Gasteiger partial charge in [0, 0.05) is 0 Å². The lowest BCUT2D eigenvalue weighted by molar-refractivity contribution is 1.06. The van der Waals surface area contributed by atoms with Gasteiger partial charge in [0.2, 0.25) is 0 Å². The quantitative estimate of drug-likeness (QED) is 0.646. The highest BCUT2D eigenvalue weighted by molar-refractivity contribution is 6.86. The third-order valence-electron chi connectivity index (χ3n) is 4.14. The SMILES string of the molecule is CC(c1ccccc1)[SiH](c1ccccc1)c1ccccc1. The summed E-state index contributed by atoms with van der Waals surface area (Å²) in [5, 5.41) is 3.03. The fourth-order valence-electron chi connectivity index (χ4n) is 3.04. The zero-order chi connectivity index (χ0) is 14.5. The largest absolute Gasteiger partial charge is 0.110 e. The van der Waals surface area contributed by atoms with Crippen LogP contribution in [0.5, 0.6) is 0 Å². The van der Waals surface area contributed by atoms with Crippen LogP contribution in [0.15, 0.2) is 91.0 Å². The van der Waals surface area contributed by atoms with Crippen molar-refractivity contribution in [3.05, 3.63) is 96.6 Å². The molecule has 0 aliphatic rings. The van der Waals surface area contributed by atoms with Crippen LogP contribution in [0, 0.1) is 0 Å². The molecule has 0 saturated heterocycles. The standard InChI is InChI=1S/C20H20Si/c1-17(18-11-5-2-6-12-18)21(19-13-7-3-8-14-19)20-15-9-4-10-16-20/h2-17,21H,1H3. The molecule has 0 fully saturated rings. The van der Waals surface area contributed by atoms with Crippen LogP contribution in [0.3, 0.4) is 0 Å². The molecule has 0 amide bonds. The Balaban J connectivity index is 2.05. The summed E-state index contributed by atoms with van der Waals surface area (Å²) in [5.74, 6) is 0. The minimum absolute atomic E-state index is 0.580. The van der Waals surface area contributed by atoms with E-state index in [9.17, 15) is 0 Å². The maximum absolute atomic E-state index is 2.38. The number of hydrogen-bond acceptors (Lipinski definition) is 0. The lowest BCUT2D eigenvalue weighted by atomic mass is 10.2. The van der Waals surface area contributed by atoms with E-state index in [4.69, 9.17) is 0 Å². The molecular formula is C20H20Si. The second-order valence-corrected chi connectivity index (χ2v) is 8.79. The van der Waals surface area contributed by atoms with Crippen molar-refractivity contribution in [1.82, 2.24) is 0 Å². The molecule has 0 aliphatic carbocycles. The van der Waals surface area contributed by atoms with Gasteiger partial charge >= 0.3 is 0 Å². The van der Waals surface area contributed by atoms with E-state index in [0.717, 1.165) is 0 Å². The van der Waals surface area contributed by atoms with Gasteiger partial charge in [-0.1, -0.05) is 108 Å². The number of benzene rings is 3. The Hall–Kier alpha value is -2.12. The zero-order valence-electron chi connectivity index (χ0n) is 12.3. The summed E-state index contributed by atoms with van der Waals surface area (Å²) in [6.07, 6.45) is 0. The molecule has 0 radical (unpaired) electrons. The molecule has 0 bridgehead atoms. The van der Waals surface area contributed by atoms with Crippen molar-refractivity contribution in [2.75, 3.05) is 0 Å². The van der Waals surface area contributed by atoms with Crippen LogP contribution in [0.2, 0.25) is 0 Å². The van der Waals surface area contributed by atoms with Gasteiger partial charge in [-0.05, 0) is 11.1 Å². The first-order valence-corrected chi connectivity index (χ1v) is 9.33. The Labute approximate surface area is 128 Å². The second kappa shape index (κ2) is 6.55. The molecule has 3 aromatic rings. The lowest BCUT2D eigenvalue weighted by Crippen LogP contribution is -2.46. The molecule has 0 nitrogen and oxygen atoms in total. The van der Waals surface area contributed by atoms with E-state index >= 15 is 0 Å². The molecule has 0 heterocycles. The van der Waals surface area contributed by atoms with Crippen LogP contribution in [0.1, 0.15) is 18.0 Å². The van der Waals surface area contributed by atoms with Crippen molar-refractivity contribution in [1.29, 1.82) is 0 Å². The predicted octanol–water partition coefficient (Wildman–Crippen LogP) is 3.37. The summed E-state index contributed by atoms with van der Waals surface area (Å²) in [4.78, 5) is 0. The van der Waals surface area contributed by atoms with Gasteiger partial charge in [0.05, 0.1) is 0 Å². The van der Waals surface area contributed by atoms with Crippen LogP contribution >= 0.6 is 0 Å². The van der Waals surface area contributed by atoms with E-state index in [1.165, 1.54) is 15.9 Å². The minimum atomic E-state index is -1.27. The molecule has 3 rings (SSSR count). The molecule has 0 aliphatic heterocycles. The first-order valence-electron chi connectivity index (χ1n) is 7.51. The molecular weight excluding hydrogens is 268 g/mol. The highest BCUT2D eigenvalue weighted by atomic mass is 28.3. The molecule has 3 aromatic carbocycles. The van der Waals surface area contributed by atoms with E-state index in [0.29, 0.717) is 5.54 Å².